The van der Waals surface area contributed by atoms with Gasteiger partial charge in [0.05, 0.1) is 5.56 Å². The number of amides is 1. The van der Waals surface area contributed by atoms with Crippen molar-refractivity contribution in [1.82, 2.24) is 15.0 Å². The number of rotatable bonds is 5. The molecule has 8 nitrogen and oxygen atoms in total. The highest BCUT2D eigenvalue weighted by atomic mass is 16.1. The lowest BCUT2D eigenvalue weighted by Gasteiger charge is -2.14. The van der Waals surface area contributed by atoms with Crippen molar-refractivity contribution >= 4 is 35.0 Å². The maximum atomic E-state index is 11.2. The van der Waals surface area contributed by atoms with E-state index in [0.29, 0.717) is 17.6 Å². The molecule has 3 aromatic rings. The molecule has 1 aromatic carbocycles. The molecule has 138 valence electrons. The van der Waals surface area contributed by atoms with Crippen molar-refractivity contribution in [3.63, 3.8) is 0 Å². The van der Waals surface area contributed by atoms with E-state index in [9.17, 15) is 4.79 Å². The van der Waals surface area contributed by atoms with Crippen molar-refractivity contribution in [2.45, 2.75) is 20.8 Å². The molecular weight excluding hydrogens is 342 g/mol. The first-order valence-corrected chi connectivity index (χ1v) is 8.35. The zero-order valence-corrected chi connectivity index (χ0v) is 15.4. The quantitative estimate of drug-likeness (QED) is 0.548. The smallest absolute Gasteiger partial charge is 0.252 e. The molecule has 2 aromatic heterocycles. The Kier molecular flexibility index (Phi) is 4.89. The molecule has 2 heterocycles. The van der Waals surface area contributed by atoms with Gasteiger partial charge in [-0.25, -0.2) is 9.97 Å². The number of primary amides is 1. The normalized spacial score (nSPS) is 10.5. The van der Waals surface area contributed by atoms with E-state index in [0.717, 1.165) is 16.8 Å². The Balaban J connectivity index is 1.82. The third-order valence-corrected chi connectivity index (χ3v) is 4.02. The number of benzene rings is 1. The van der Waals surface area contributed by atoms with Crippen LogP contribution in [-0.4, -0.2) is 20.9 Å². The highest BCUT2D eigenvalue weighted by Gasteiger charge is 2.10. The van der Waals surface area contributed by atoms with Crippen LogP contribution in [-0.2, 0) is 0 Å². The summed E-state index contributed by atoms with van der Waals surface area (Å²) in [5, 5.41) is 6.30. The molecule has 8 heteroatoms. The number of nitrogens with two attached hydrogens (primary N) is 2. The fourth-order valence-electron chi connectivity index (χ4n) is 2.86. The van der Waals surface area contributed by atoms with Crippen molar-refractivity contribution in [2.75, 3.05) is 16.4 Å². The zero-order valence-electron chi connectivity index (χ0n) is 15.4. The predicted octanol–water partition coefficient (Wildman–Crippen LogP) is 2.97. The number of carbonyl (C=O) groups excluding carboxylic acids is 1. The third-order valence-electron chi connectivity index (χ3n) is 4.02. The second kappa shape index (κ2) is 7.28. The summed E-state index contributed by atoms with van der Waals surface area (Å²) in [7, 11) is 0. The number of anilines is 5. The summed E-state index contributed by atoms with van der Waals surface area (Å²) < 4.78 is 0. The van der Waals surface area contributed by atoms with Gasteiger partial charge in [0.2, 0.25) is 5.95 Å². The first kappa shape index (κ1) is 18.1. The summed E-state index contributed by atoms with van der Waals surface area (Å²) in [6.45, 7) is 6.17. The van der Waals surface area contributed by atoms with E-state index < -0.39 is 5.91 Å². The van der Waals surface area contributed by atoms with Gasteiger partial charge in [-0.3, -0.25) is 4.79 Å². The van der Waals surface area contributed by atoms with Crippen molar-refractivity contribution in [2.24, 2.45) is 5.73 Å². The van der Waals surface area contributed by atoms with Crippen LogP contribution in [0.25, 0.3) is 0 Å². The van der Waals surface area contributed by atoms with E-state index in [1.54, 1.807) is 18.3 Å². The van der Waals surface area contributed by atoms with Gasteiger partial charge in [0.1, 0.15) is 17.5 Å². The largest absolute Gasteiger partial charge is 0.383 e. The van der Waals surface area contributed by atoms with Gasteiger partial charge in [0.25, 0.3) is 5.91 Å². The number of pyridine rings is 1. The van der Waals surface area contributed by atoms with Crippen LogP contribution in [0.3, 0.4) is 0 Å². The monoisotopic (exact) mass is 363 g/mol. The average Bonchev–Trinajstić information content (AvgIpc) is 2.58. The number of aryl methyl sites for hydroxylation is 3. The van der Waals surface area contributed by atoms with Gasteiger partial charge in [0, 0.05) is 11.9 Å². The van der Waals surface area contributed by atoms with Gasteiger partial charge in [0.15, 0.2) is 0 Å². The number of hydrogen-bond donors (Lipinski definition) is 4. The minimum atomic E-state index is -0.627. The van der Waals surface area contributed by atoms with Crippen LogP contribution in [0.4, 0.5) is 29.1 Å². The topological polar surface area (TPSA) is 132 Å². The summed E-state index contributed by atoms with van der Waals surface area (Å²) in [5.41, 5.74) is 15.6. The lowest BCUT2D eigenvalue weighted by Crippen LogP contribution is -2.14. The molecule has 0 bridgehead atoms. The maximum absolute atomic E-state index is 11.2. The highest BCUT2D eigenvalue weighted by molar-refractivity contribution is 5.97. The lowest BCUT2D eigenvalue weighted by molar-refractivity contribution is 0.100. The van der Waals surface area contributed by atoms with Gasteiger partial charge in [-0.05, 0) is 50.1 Å². The zero-order chi connectivity index (χ0) is 19.6. The number of carbonyl (C=O) groups is 1. The minimum Gasteiger partial charge on any atom is -0.383 e. The molecule has 0 aliphatic heterocycles. The lowest BCUT2D eigenvalue weighted by atomic mass is 10.1. The molecule has 0 atom stereocenters. The molecule has 0 fully saturated rings. The van der Waals surface area contributed by atoms with E-state index >= 15 is 0 Å². The van der Waals surface area contributed by atoms with Crippen LogP contribution >= 0.6 is 0 Å². The maximum Gasteiger partial charge on any atom is 0.252 e. The number of nitrogens with zero attached hydrogens (tertiary/aromatic N) is 3. The summed E-state index contributed by atoms with van der Waals surface area (Å²) in [5.74, 6) is 0.827. The second-order valence-corrected chi connectivity index (χ2v) is 6.28. The van der Waals surface area contributed by atoms with E-state index in [1.807, 2.05) is 0 Å². The van der Waals surface area contributed by atoms with Crippen LogP contribution in [0.15, 0.2) is 36.5 Å². The second-order valence-electron chi connectivity index (χ2n) is 6.28. The average molecular weight is 363 g/mol. The van der Waals surface area contributed by atoms with Crippen LogP contribution in [0.1, 0.15) is 27.0 Å². The Morgan fingerprint density at radius 1 is 0.963 bits per heavy atom. The van der Waals surface area contributed by atoms with Gasteiger partial charge in [-0.15, -0.1) is 0 Å². The predicted molar refractivity (Wildman–Crippen MR) is 106 cm³/mol. The molecule has 0 spiro atoms. The standard InChI is InChI=1S/C19H21N7O/c1-10-8-11(2)16(12(3)9-10)23-15-6-7-22-19(26-15)25-14-5-4-13(18(21)27)17(20)24-14/h4-9H,1-3H3,(H2,21,27)(H4,20,22,23,24,25,26). The van der Waals surface area contributed by atoms with Crippen LogP contribution < -0.4 is 22.1 Å². The van der Waals surface area contributed by atoms with Crippen LogP contribution in [0.5, 0.6) is 0 Å². The number of hydrogen-bond acceptors (Lipinski definition) is 7. The Hall–Kier alpha value is -3.68. The molecule has 3 rings (SSSR count). The fourth-order valence-corrected chi connectivity index (χ4v) is 2.86. The van der Waals surface area contributed by atoms with Gasteiger partial charge in [-0.2, -0.15) is 4.98 Å². The van der Waals surface area contributed by atoms with Crippen molar-refractivity contribution in [3.05, 3.63) is 58.8 Å². The summed E-state index contributed by atoms with van der Waals surface area (Å²) >= 11 is 0. The number of nitrogen functional groups attached to an aromatic ring is 1. The number of nitrogens with one attached hydrogen (secondary N) is 2. The Bertz CT molecular complexity index is 994. The fraction of sp³-hybridized carbons (Fsp3) is 0.158. The molecule has 6 N–H and O–H groups in total. The van der Waals surface area contributed by atoms with E-state index in [-0.39, 0.29) is 11.4 Å². The summed E-state index contributed by atoms with van der Waals surface area (Å²) in [6, 6.07) is 9.11. The van der Waals surface area contributed by atoms with Crippen LogP contribution in [0.2, 0.25) is 0 Å². The molecule has 0 radical (unpaired) electrons. The van der Waals surface area contributed by atoms with Crippen molar-refractivity contribution < 1.29 is 4.79 Å². The Morgan fingerprint density at radius 3 is 2.26 bits per heavy atom. The molecule has 0 saturated carbocycles. The highest BCUT2D eigenvalue weighted by Crippen LogP contribution is 2.25. The van der Waals surface area contributed by atoms with Gasteiger partial charge < -0.3 is 22.1 Å². The van der Waals surface area contributed by atoms with E-state index in [2.05, 4.69) is 58.5 Å². The number of aromatic nitrogens is 3. The Morgan fingerprint density at radius 2 is 1.63 bits per heavy atom. The third kappa shape index (κ3) is 4.12. The molecule has 0 saturated heterocycles. The minimum absolute atomic E-state index is 0.0488. The molecule has 0 unspecified atom stereocenters. The summed E-state index contributed by atoms with van der Waals surface area (Å²) in [6.07, 6.45) is 1.64. The van der Waals surface area contributed by atoms with Crippen molar-refractivity contribution in [3.8, 4) is 0 Å². The first-order valence-electron chi connectivity index (χ1n) is 8.35. The van der Waals surface area contributed by atoms with Crippen molar-refractivity contribution in [1.29, 1.82) is 0 Å². The SMILES string of the molecule is Cc1cc(C)c(Nc2ccnc(Nc3ccc(C(N)=O)c(N)n3)n2)c(C)c1. The Labute approximate surface area is 157 Å². The first-order chi connectivity index (χ1) is 12.8. The van der Waals surface area contributed by atoms with Gasteiger partial charge >= 0.3 is 0 Å². The van der Waals surface area contributed by atoms with Crippen LogP contribution in [0, 0.1) is 20.8 Å². The van der Waals surface area contributed by atoms with E-state index in [4.69, 9.17) is 11.5 Å². The molecule has 0 aliphatic carbocycles. The molecule has 1 amide bonds. The summed E-state index contributed by atoms with van der Waals surface area (Å²) in [4.78, 5) is 24.0. The van der Waals surface area contributed by atoms with Gasteiger partial charge in [-0.1, -0.05) is 17.7 Å². The molecular formula is C19H21N7O. The molecule has 0 aliphatic rings. The van der Waals surface area contributed by atoms with E-state index in [1.165, 1.54) is 11.6 Å². The molecule has 27 heavy (non-hydrogen) atoms.